The van der Waals surface area contributed by atoms with Crippen molar-refractivity contribution < 1.29 is 5.11 Å². The van der Waals surface area contributed by atoms with Gasteiger partial charge in [0.25, 0.3) is 0 Å². The number of rotatable bonds is 0. The molecule has 0 unspecified atom stereocenters. The Morgan fingerprint density at radius 1 is 1.50 bits per heavy atom. The summed E-state index contributed by atoms with van der Waals surface area (Å²) in [5, 5.41) is 9.97. The van der Waals surface area contributed by atoms with E-state index in [0.29, 0.717) is 5.02 Å². The van der Waals surface area contributed by atoms with Gasteiger partial charge in [0.2, 0.25) is 0 Å². The van der Waals surface area contributed by atoms with Gasteiger partial charge >= 0.3 is 0 Å². The van der Waals surface area contributed by atoms with Crippen LogP contribution in [-0.4, -0.2) is 5.11 Å². The number of nitrogens with two attached hydrogens (primary N) is 1. The first kappa shape index (κ1) is 7.90. The zero-order chi connectivity index (χ0) is 8.72. The summed E-state index contributed by atoms with van der Waals surface area (Å²) in [7, 11) is 0. The minimum absolute atomic E-state index is 0.0724. The molecular weight excluding hydrogens is 174 g/mol. The van der Waals surface area contributed by atoms with Crippen molar-refractivity contribution in [1.82, 2.24) is 0 Å². The van der Waals surface area contributed by atoms with Gasteiger partial charge in [-0.1, -0.05) is 17.7 Å². The SMILES string of the molecule is N[C@@H]1CCc2c1ccc(Cl)c2O. The summed E-state index contributed by atoms with van der Waals surface area (Å²) in [5.41, 5.74) is 7.78. The molecule has 0 aliphatic heterocycles. The molecule has 1 atom stereocenters. The van der Waals surface area contributed by atoms with Gasteiger partial charge in [-0.3, -0.25) is 0 Å². The Balaban J connectivity index is 2.60. The standard InChI is InChI=1S/C9H10ClNO/c10-7-3-1-5-6(9(7)12)2-4-8(5)11/h1,3,8,12H,2,4,11H2/t8-/m1/s1. The zero-order valence-electron chi connectivity index (χ0n) is 6.55. The Morgan fingerprint density at radius 3 is 3.00 bits per heavy atom. The monoisotopic (exact) mass is 183 g/mol. The largest absolute Gasteiger partial charge is 0.506 e. The van der Waals surface area contributed by atoms with Gasteiger partial charge in [0.15, 0.2) is 0 Å². The predicted molar refractivity (Wildman–Crippen MR) is 48.4 cm³/mol. The summed E-state index contributed by atoms with van der Waals surface area (Å²) in [5.74, 6) is 0.210. The quantitative estimate of drug-likeness (QED) is 0.646. The second-order valence-electron chi connectivity index (χ2n) is 3.11. The average Bonchev–Trinajstić information content (AvgIpc) is 2.41. The zero-order valence-corrected chi connectivity index (χ0v) is 7.30. The number of phenols is 1. The lowest BCUT2D eigenvalue weighted by atomic mass is 10.1. The molecule has 0 fully saturated rings. The van der Waals surface area contributed by atoms with Crippen molar-refractivity contribution in [3.63, 3.8) is 0 Å². The molecule has 64 valence electrons. The van der Waals surface area contributed by atoms with Gasteiger partial charge < -0.3 is 10.8 Å². The molecule has 3 heteroatoms. The lowest BCUT2D eigenvalue weighted by Crippen LogP contribution is -2.04. The maximum absolute atomic E-state index is 9.55. The molecule has 0 bridgehead atoms. The summed E-state index contributed by atoms with van der Waals surface area (Å²) in [6.45, 7) is 0. The minimum atomic E-state index is 0.0724. The predicted octanol–water partition coefficient (Wildman–Crippen LogP) is 1.99. The Labute approximate surface area is 76.0 Å². The third-order valence-electron chi connectivity index (χ3n) is 2.37. The van der Waals surface area contributed by atoms with Crippen molar-refractivity contribution in [3.8, 4) is 5.75 Å². The molecule has 1 aliphatic rings. The van der Waals surface area contributed by atoms with E-state index in [1.807, 2.05) is 6.07 Å². The van der Waals surface area contributed by atoms with E-state index in [1.165, 1.54) is 0 Å². The Morgan fingerprint density at radius 2 is 2.25 bits per heavy atom. The number of benzene rings is 1. The van der Waals surface area contributed by atoms with Crippen LogP contribution in [0.2, 0.25) is 5.02 Å². The van der Waals surface area contributed by atoms with Crippen molar-refractivity contribution >= 4 is 11.6 Å². The highest BCUT2D eigenvalue weighted by Gasteiger charge is 2.22. The number of hydrogen-bond donors (Lipinski definition) is 2. The van der Waals surface area contributed by atoms with Crippen molar-refractivity contribution in [2.45, 2.75) is 18.9 Å². The first-order chi connectivity index (χ1) is 5.70. The third kappa shape index (κ3) is 0.993. The van der Waals surface area contributed by atoms with Crippen LogP contribution < -0.4 is 5.73 Å². The molecule has 0 saturated heterocycles. The summed E-state index contributed by atoms with van der Waals surface area (Å²) in [6.07, 6.45) is 1.74. The van der Waals surface area contributed by atoms with E-state index in [-0.39, 0.29) is 11.8 Å². The van der Waals surface area contributed by atoms with Crippen LogP contribution in [0.15, 0.2) is 12.1 Å². The smallest absolute Gasteiger partial charge is 0.137 e. The maximum Gasteiger partial charge on any atom is 0.137 e. The topological polar surface area (TPSA) is 46.2 Å². The van der Waals surface area contributed by atoms with Crippen LogP contribution in [0.1, 0.15) is 23.6 Å². The maximum atomic E-state index is 9.55. The van der Waals surface area contributed by atoms with Gasteiger partial charge in [-0.05, 0) is 24.5 Å². The summed E-state index contributed by atoms with van der Waals surface area (Å²) < 4.78 is 0. The molecule has 1 aromatic carbocycles. The molecule has 1 aromatic rings. The fraction of sp³-hybridized carbons (Fsp3) is 0.333. The molecule has 3 N–H and O–H groups in total. The van der Waals surface area contributed by atoms with Crippen LogP contribution in [0.3, 0.4) is 0 Å². The first-order valence-corrected chi connectivity index (χ1v) is 4.34. The van der Waals surface area contributed by atoms with Gasteiger partial charge in [-0.2, -0.15) is 0 Å². The third-order valence-corrected chi connectivity index (χ3v) is 2.68. The highest BCUT2D eigenvalue weighted by atomic mass is 35.5. The molecule has 0 radical (unpaired) electrons. The van der Waals surface area contributed by atoms with Crippen LogP contribution in [0.5, 0.6) is 5.75 Å². The second-order valence-corrected chi connectivity index (χ2v) is 3.52. The van der Waals surface area contributed by atoms with Gasteiger partial charge in [0.05, 0.1) is 5.02 Å². The highest BCUT2D eigenvalue weighted by Crippen LogP contribution is 2.38. The van der Waals surface area contributed by atoms with E-state index in [2.05, 4.69) is 0 Å². The van der Waals surface area contributed by atoms with Gasteiger partial charge in [-0.25, -0.2) is 0 Å². The van der Waals surface area contributed by atoms with Gasteiger partial charge in [-0.15, -0.1) is 0 Å². The molecule has 2 nitrogen and oxygen atoms in total. The number of aromatic hydroxyl groups is 1. The number of hydrogen-bond acceptors (Lipinski definition) is 2. The molecule has 2 rings (SSSR count). The molecule has 12 heavy (non-hydrogen) atoms. The summed E-state index contributed by atoms with van der Waals surface area (Å²) >= 11 is 5.75. The first-order valence-electron chi connectivity index (χ1n) is 3.96. The van der Waals surface area contributed by atoms with E-state index < -0.39 is 0 Å². The Kier molecular flexibility index (Phi) is 1.74. The number of phenolic OH excluding ortho intramolecular Hbond substituents is 1. The Bertz CT molecular complexity index is 325. The van der Waals surface area contributed by atoms with Crippen LogP contribution in [0.25, 0.3) is 0 Å². The van der Waals surface area contributed by atoms with E-state index in [1.54, 1.807) is 6.07 Å². The van der Waals surface area contributed by atoms with Crippen molar-refractivity contribution in [2.24, 2.45) is 5.73 Å². The van der Waals surface area contributed by atoms with Crippen LogP contribution in [-0.2, 0) is 6.42 Å². The lowest BCUT2D eigenvalue weighted by molar-refractivity contribution is 0.469. The van der Waals surface area contributed by atoms with Crippen LogP contribution >= 0.6 is 11.6 Å². The van der Waals surface area contributed by atoms with Crippen LogP contribution in [0, 0.1) is 0 Å². The van der Waals surface area contributed by atoms with E-state index in [4.69, 9.17) is 17.3 Å². The molecule has 0 amide bonds. The van der Waals surface area contributed by atoms with Crippen LogP contribution in [0.4, 0.5) is 0 Å². The molecule has 0 spiro atoms. The van der Waals surface area contributed by atoms with Crippen molar-refractivity contribution in [1.29, 1.82) is 0 Å². The second kappa shape index (κ2) is 2.64. The average molecular weight is 184 g/mol. The number of halogens is 1. The Hall–Kier alpha value is -0.730. The van der Waals surface area contributed by atoms with Crippen molar-refractivity contribution in [2.75, 3.05) is 0 Å². The van der Waals surface area contributed by atoms with E-state index in [0.717, 1.165) is 24.0 Å². The molecule has 0 saturated carbocycles. The summed E-state index contributed by atoms with van der Waals surface area (Å²) in [4.78, 5) is 0. The molecular formula is C9H10ClNO. The van der Waals surface area contributed by atoms with E-state index >= 15 is 0 Å². The van der Waals surface area contributed by atoms with E-state index in [9.17, 15) is 5.11 Å². The normalized spacial score (nSPS) is 21.0. The fourth-order valence-electron chi connectivity index (χ4n) is 1.69. The van der Waals surface area contributed by atoms with Crippen molar-refractivity contribution in [3.05, 3.63) is 28.3 Å². The van der Waals surface area contributed by atoms with Gasteiger partial charge in [0.1, 0.15) is 5.75 Å². The minimum Gasteiger partial charge on any atom is -0.506 e. The lowest BCUT2D eigenvalue weighted by Gasteiger charge is -2.06. The highest BCUT2D eigenvalue weighted by molar-refractivity contribution is 6.32. The molecule has 1 aliphatic carbocycles. The van der Waals surface area contributed by atoms with Gasteiger partial charge in [0, 0.05) is 11.6 Å². The number of fused-ring (bicyclic) bond motifs is 1. The summed E-state index contributed by atoms with van der Waals surface area (Å²) in [6, 6.07) is 3.67. The molecule has 0 aromatic heterocycles. The fourth-order valence-corrected chi connectivity index (χ4v) is 1.87. The molecule has 0 heterocycles.